The van der Waals surface area contributed by atoms with E-state index in [2.05, 4.69) is 104 Å². The Balaban J connectivity index is 0.000000132. The third-order valence-corrected chi connectivity index (χ3v) is 13.2. The highest BCUT2D eigenvalue weighted by atomic mass is 127. The van der Waals surface area contributed by atoms with Gasteiger partial charge >= 0.3 is 0 Å². The fourth-order valence-electron chi connectivity index (χ4n) is 8.97. The first-order valence-corrected chi connectivity index (χ1v) is 22.5. The van der Waals surface area contributed by atoms with Crippen molar-refractivity contribution in [3.05, 3.63) is 107 Å². The average Bonchev–Trinajstić information content (AvgIpc) is 3.99. The summed E-state index contributed by atoms with van der Waals surface area (Å²) >= 11 is 8.91. The van der Waals surface area contributed by atoms with E-state index in [0.29, 0.717) is 16.9 Å². The molecule has 288 valence electrons. The summed E-state index contributed by atoms with van der Waals surface area (Å²) in [5.74, 6) is 0.972. The maximum atomic E-state index is 5.05. The lowest BCUT2D eigenvalue weighted by atomic mass is 9.90. The average molecular weight is 886 g/mol. The van der Waals surface area contributed by atoms with Gasteiger partial charge in [-0.1, -0.05) is 23.9 Å². The van der Waals surface area contributed by atoms with Crippen molar-refractivity contribution in [1.29, 1.82) is 0 Å². The van der Waals surface area contributed by atoms with Crippen molar-refractivity contribution in [2.75, 3.05) is 0 Å². The van der Waals surface area contributed by atoms with E-state index in [0.717, 1.165) is 38.9 Å². The summed E-state index contributed by atoms with van der Waals surface area (Å²) < 4.78 is 5.55. The lowest BCUT2D eigenvalue weighted by molar-refractivity contribution is 0.522. The van der Waals surface area contributed by atoms with Gasteiger partial charge in [-0.15, -0.1) is 5.10 Å². The number of hydrogen-bond donors (Lipinski definition) is 2. The predicted octanol–water partition coefficient (Wildman–Crippen LogP) is 10.0. The van der Waals surface area contributed by atoms with Crippen LogP contribution in [-0.4, -0.2) is 45.5 Å². The van der Waals surface area contributed by atoms with Crippen molar-refractivity contribution in [1.82, 2.24) is 34.7 Å². The third-order valence-electron chi connectivity index (χ3n) is 11.6. The van der Waals surface area contributed by atoms with Gasteiger partial charge in [0.1, 0.15) is 19.6 Å². The van der Waals surface area contributed by atoms with Crippen LogP contribution in [0.15, 0.2) is 51.9 Å². The normalized spacial score (nSPS) is 16.3. The van der Waals surface area contributed by atoms with Gasteiger partial charge in [0.2, 0.25) is 4.77 Å². The first kappa shape index (κ1) is 38.5. The van der Waals surface area contributed by atoms with Gasteiger partial charge < -0.3 is 0 Å². The van der Waals surface area contributed by atoms with Crippen LogP contribution in [0.4, 0.5) is 0 Å². The van der Waals surface area contributed by atoms with Crippen molar-refractivity contribution < 1.29 is 0 Å². The number of benzene rings is 2. The minimum absolute atomic E-state index is 0.388. The number of fused-ring (bicyclic) bond motifs is 4. The molecule has 5 aromatic rings. The van der Waals surface area contributed by atoms with Gasteiger partial charge in [-0.25, -0.2) is 4.98 Å². The zero-order valence-electron chi connectivity index (χ0n) is 32.6. The molecule has 5 aliphatic rings. The topological polar surface area (TPSA) is 105 Å². The molecule has 0 saturated carbocycles. The fraction of sp³-hybridized carbons (Fsp3) is 0.488. The monoisotopic (exact) mass is 885 g/mol. The smallest absolute Gasteiger partial charge is 0.213 e. The molecule has 0 spiro atoms. The second kappa shape index (κ2) is 17.0. The molecule has 0 radical (unpaired) electrons. The van der Waals surface area contributed by atoms with Gasteiger partial charge in [0.05, 0.1) is 5.71 Å². The Labute approximate surface area is 347 Å². The second-order valence-electron chi connectivity index (χ2n) is 16.0. The molecule has 0 amide bonds. The standard InChI is InChI=1S/C22H26N4S.C15H17N3S.C6H9IN2/c1-14(2)26-10-9-21(25-26)27-22-13-17(23-24-22)12-20-18-7-3-5-15(18)11-16-6-4-8-19(16)20;19-15-16-14(17-18-15)8-13-11-5-1-3-9(11)7-10-4-2-6-12(10)13;1-5(2)9-4-3-6(7)8-9/h9-11,14H,3-8,12-13H2,1-2H3;7H,1-6,8H2,(H2,16,17,18,19);3-5H,1-2H3. The Morgan fingerprint density at radius 1 is 0.691 bits per heavy atom. The molecule has 55 heavy (non-hydrogen) atoms. The van der Waals surface area contributed by atoms with Gasteiger partial charge in [-0.05, 0) is 207 Å². The van der Waals surface area contributed by atoms with Crippen LogP contribution in [0.25, 0.3) is 0 Å². The molecule has 0 bridgehead atoms. The van der Waals surface area contributed by atoms with E-state index in [4.69, 9.17) is 12.2 Å². The van der Waals surface area contributed by atoms with Crippen molar-refractivity contribution >= 4 is 57.3 Å². The zero-order valence-corrected chi connectivity index (χ0v) is 36.3. The summed E-state index contributed by atoms with van der Waals surface area (Å²) in [5, 5.41) is 25.9. The molecule has 4 heterocycles. The lowest BCUT2D eigenvalue weighted by Gasteiger charge is -2.15. The van der Waals surface area contributed by atoms with E-state index in [1.807, 2.05) is 27.8 Å². The number of rotatable bonds is 7. The lowest BCUT2D eigenvalue weighted by Crippen LogP contribution is -2.09. The molecule has 1 aliphatic heterocycles. The minimum Gasteiger partial charge on any atom is -0.285 e. The van der Waals surface area contributed by atoms with Crippen LogP contribution in [0.1, 0.15) is 133 Å². The van der Waals surface area contributed by atoms with Crippen LogP contribution in [0.3, 0.4) is 0 Å². The van der Waals surface area contributed by atoms with Gasteiger partial charge in [0.25, 0.3) is 0 Å². The Kier molecular flexibility index (Phi) is 11.9. The van der Waals surface area contributed by atoms with E-state index in [-0.39, 0.29) is 0 Å². The maximum absolute atomic E-state index is 5.05. The number of halogens is 1. The Hall–Kier alpha value is -3.36. The molecule has 9 nitrogen and oxygen atoms in total. The molecule has 2 aromatic carbocycles. The molecule has 0 unspecified atom stereocenters. The van der Waals surface area contributed by atoms with Crippen LogP contribution in [0.5, 0.6) is 0 Å². The largest absolute Gasteiger partial charge is 0.285 e. The van der Waals surface area contributed by atoms with Crippen LogP contribution < -0.4 is 0 Å². The number of nitrogens with one attached hydrogen (secondary N) is 2. The Morgan fingerprint density at radius 3 is 1.67 bits per heavy atom. The molecule has 0 atom stereocenters. The number of H-pyrrole nitrogens is 2. The summed E-state index contributed by atoms with van der Waals surface area (Å²) in [6.07, 6.45) is 22.1. The van der Waals surface area contributed by atoms with Crippen LogP contribution in [-0.2, 0) is 64.2 Å². The predicted molar refractivity (Wildman–Crippen MR) is 235 cm³/mol. The zero-order chi connectivity index (χ0) is 38.1. The number of hydrogen-bond acceptors (Lipinski definition) is 7. The number of aryl methyl sites for hydroxylation is 4. The Bertz CT molecular complexity index is 2240. The van der Waals surface area contributed by atoms with Crippen molar-refractivity contribution in [3.8, 4) is 0 Å². The molecule has 3 aromatic heterocycles. The quantitative estimate of drug-likeness (QED) is 0.125. The van der Waals surface area contributed by atoms with E-state index in [9.17, 15) is 0 Å². The molecule has 0 fully saturated rings. The summed E-state index contributed by atoms with van der Waals surface area (Å²) in [4.78, 5) is 4.36. The summed E-state index contributed by atoms with van der Waals surface area (Å²) in [6.45, 7) is 8.52. The van der Waals surface area contributed by atoms with Crippen molar-refractivity contribution in [3.63, 3.8) is 0 Å². The number of thioether (sulfide) groups is 1. The summed E-state index contributed by atoms with van der Waals surface area (Å²) in [5.41, 5.74) is 17.2. The van der Waals surface area contributed by atoms with E-state index in [1.54, 1.807) is 67.4 Å². The number of aromatic nitrogens is 7. The molecule has 10 rings (SSSR count). The summed E-state index contributed by atoms with van der Waals surface area (Å²) in [6, 6.07) is 9.92. The van der Waals surface area contributed by atoms with Gasteiger partial charge in [0.15, 0.2) is 0 Å². The molecule has 0 saturated heterocycles. The number of nitrogens with zero attached hydrogens (tertiary/aromatic N) is 7. The maximum Gasteiger partial charge on any atom is 0.213 e. The highest BCUT2D eigenvalue weighted by Crippen LogP contribution is 2.37. The molecule has 4 aliphatic carbocycles. The highest BCUT2D eigenvalue weighted by Gasteiger charge is 2.27. The van der Waals surface area contributed by atoms with Crippen LogP contribution >= 0.6 is 46.6 Å². The number of aromatic amines is 2. The molecular weight excluding hydrogens is 834 g/mol. The van der Waals surface area contributed by atoms with E-state index in [1.165, 1.54) is 82.8 Å². The van der Waals surface area contributed by atoms with Gasteiger partial charge in [-0.3, -0.25) is 19.6 Å². The first-order chi connectivity index (χ1) is 26.7. The van der Waals surface area contributed by atoms with Crippen molar-refractivity contribution in [2.45, 2.75) is 141 Å². The first-order valence-electron chi connectivity index (χ1n) is 20.2. The van der Waals surface area contributed by atoms with E-state index >= 15 is 0 Å². The second-order valence-corrected chi connectivity index (χ2v) is 18.6. The fourth-order valence-corrected chi connectivity index (χ4v) is 10.4. The molecular formula is C43H52IN9S2. The van der Waals surface area contributed by atoms with Gasteiger partial charge in [-0.2, -0.15) is 15.3 Å². The van der Waals surface area contributed by atoms with Crippen molar-refractivity contribution in [2.24, 2.45) is 10.2 Å². The molecule has 12 heteroatoms. The third kappa shape index (κ3) is 8.81. The van der Waals surface area contributed by atoms with Crippen LogP contribution in [0.2, 0.25) is 0 Å². The highest BCUT2D eigenvalue weighted by molar-refractivity contribution is 14.1. The minimum atomic E-state index is 0.388. The van der Waals surface area contributed by atoms with Gasteiger partial charge in [0, 0.05) is 43.7 Å². The SMILES string of the molecule is CC(C)n1ccc(I)n1.CC(C)n1ccc(SC2=NN=C(Cc3c4c(cc5c3CCC5)CCC4)C2)n1.S=c1nc(Cc2c3c(cc4c2CCC4)CCC3)[nH][nH]1. The summed E-state index contributed by atoms with van der Waals surface area (Å²) in [7, 11) is 0. The van der Waals surface area contributed by atoms with Crippen LogP contribution in [0, 0.1) is 8.47 Å². The molecule has 2 N–H and O–H groups in total. The Morgan fingerprint density at radius 2 is 1.22 bits per heavy atom. The van der Waals surface area contributed by atoms with E-state index < -0.39 is 0 Å².